The monoisotopic (exact) mass is 163 g/mol. The fourth-order valence-corrected chi connectivity index (χ4v) is 0.556. The van der Waals surface area contributed by atoms with E-state index >= 15 is 0 Å². The van der Waals surface area contributed by atoms with Crippen LogP contribution < -0.4 is 0 Å². The molecular formula is C6H14NO2P. The molecule has 1 unspecified atom stereocenters. The summed E-state index contributed by atoms with van der Waals surface area (Å²) in [5.74, 6) is 0. The molecular weight excluding hydrogens is 149 g/mol. The van der Waals surface area contributed by atoms with E-state index in [9.17, 15) is 0 Å². The minimum absolute atomic E-state index is 0.250. The average molecular weight is 163 g/mol. The van der Waals surface area contributed by atoms with Gasteiger partial charge in [0, 0.05) is 22.0 Å². The van der Waals surface area contributed by atoms with Crippen molar-refractivity contribution in [2.45, 2.75) is 13.8 Å². The predicted octanol–water partition coefficient (Wildman–Crippen LogP) is 1.14. The van der Waals surface area contributed by atoms with Crippen molar-refractivity contribution in [1.82, 2.24) is 0 Å². The van der Waals surface area contributed by atoms with Gasteiger partial charge < -0.3 is 9.63 Å². The number of aliphatic hydroxyl groups excluding tert-OH is 1. The fraction of sp³-hybridized carbons (Fsp3) is 0.833. The van der Waals surface area contributed by atoms with Crippen molar-refractivity contribution >= 4 is 8.81 Å². The molecule has 0 saturated carbocycles. The molecule has 0 aliphatic rings. The number of hydrogen-bond donors (Lipinski definition) is 1. The maximum Gasteiger partial charge on any atom is 0.0768 e. The summed E-state index contributed by atoms with van der Waals surface area (Å²) in [6.07, 6.45) is 0.536. The van der Waals surface area contributed by atoms with Crippen LogP contribution in [0.4, 0.5) is 0 Å². The van der Waals surface area contributed by atoms with Gasteiger partial charge in [-0.05, 0) is 13.8 Å². The van der Waals surface area contributed by atoms with E-state index in [1.54, 1.807) is 6.92 Å². The number of nitriles is 1. The van der Waals surface area contributed by atoms with E-state index in [1.165, 1.54) is 0 Å². The Morgan fingerprint density at radius 1 is 1.60 bits per heavy atom. The molecule has 0 aromatic heterocycles. The standard InChI is InChI=1S/C4H8NOP.C2H6O/c1-2-6-7-4-3-5;1-2-3/h7H,2,4H2,1H3;3H,2H2,1H3. The second-order valence-corrected chi connectivity index (χ2v) is 2.16. The molecule has 0 spiro atoms. The zero-order valence-corrected chi connectivity index (χ0v) is 7.42. The summed E-state index contributed by atoms with van der Waals surface area (Å²) in [5, 5.41) is 15.5. The summed E-state index contributed by atoms with van der Waals surface area (Å²) in [7, 11) is 0.371. The predicted molar refractivity (Wildman–Crippen MR) is 43.2 cm³/mol. The SMILES string of the molecule is CCO.CCOPCC#N. The summed E-state index contributed by atoms with van der Waals surface area (Å²) in [6, 6.07) is 1.99. The molecule has 0 rings (SSSR count). The lowest BCUT2D eigenvalue weighted by atomic mass is 10.9. The molecule has 0 amide bonds. The zero-order chi connectivity index (χ0) is 8.24. The highest BCUT2D eigenvalue weighted by atomic mass is 31.1. The highest BCUT2D eigenvalue weighted by Gasteiger charge is 1.77. The Bertz CT molecular complexity index is 82.3. The van der Waals surface area contributed by atoms with Crippen molar-refractivity contribution in [3.63, 3.8) is 0 Å². The van der Waals surface area contributed by atoms with E-state index in [1.807, 2.05) is 13.0 Å². The first-order valence-corrected chi connectivity index (χ1v) is 4.27. The van der Waals surface area contributed by atoms with Gasteiger partial charge in [0.25, 0.3) is 0 Å². The summed E-state index contributed by atoms with van der Waals surface area (Å²) >= 11 is 0. The van der Waals surface area contributed by atoms with Crippen LogP contribution in [0.5, 0.6) is 0 Å². The largest absolute Gasteiger partial charge is 0.397 e. The van der Waals surface area contributed by atoms with Crippen molar-refractivity contribution < 1.29 is 9.63 Å². The summed E-state index contributed by atoms with van der Waals surface area (Å²) in [5.41, 5.74) is 0. The zero-order valence-electron chi connectivity index (χ0n) is 6.42. The molecule has 1 N–H and O–H groups in total. The van der Waals surface area contributed by atoms with Gasteiger partial charge in [0.15, 0.2) is 0 Å². The van der Waals surface area contributed by atoms with Gasteiger partial charge in [-0.3, -0.25) is 0 Å². The van der Waals surface area contributed by atoms with Gasteiger partial charge >= 0.3 is 0 Å². The lowest BCUT2D eigenvalue weighted by molar-refractivity contribution is 0.318. The van der Waals surface area contributed by atoms with Gasteiger partial charge in [-0.15, -0.1) is 0 Å². The Balaban J connectivity index is 0. The number of rotatable bonds is 3. The molecule has 0 aromatic rings. The summed E-state index contributed by atoms with van der Waals surface area (Å²) < 4.78 is 4.88. The van der Waals surface area contributed by atoms with Gasteiger partial charge in [-0.25, -0.2) is 0 Å². The Morgan fingerprint density at radius 2 is 2.10 bits per heavy atom. The van der Waals surface area contributed by atoms with Crippen molar-refractivity contribution in [3.05, 3.63) is 0 Å². The van der Waals surface area contributed by atoms with E-state index in [4.69, 9.17) is 14.9 Å². The van der Waals surface area contributed by atoms with Crippen LogP contribution in [0.25, 0.3) is 0 Å². The molecule has 0 aliphatic carbocycles. The molecule has 3 nitrogen and oxygen atoms in total. The summed E-state index contributed by atoms with van der Waals surface area (Å²) in [4.78, 5) is 0. The molecule has 0 aliphatic heterocycles. The van der Waals surface area contributed by atoms with Crippen LogP contribution in [0, 0.1) is 11.3 Å². The molecule has 0 radical (unpaired) electrons. The molecule has 1 atom stereocenters. The maximum atomic E-state index is 7.97. The van der Waals surface area contributed by atoms with E-state index < -0.39 is 0 Å². The first kappa shape index (κ1) is 12.5. The Morgan fingerprint density at radius 3 is 2.40 bits per heavy atom. The minimum atomic E-state index is 0.250. The number of aliphatic hydroxyl groups is 1. The second kappa shape index (κ2) is 15.9. The van der Waals surface area contributed by atoms with Crippen molar-refractivity contribution in [1.29, 1.82) is 5.26 Å². The van der Waals surface area contributed by atoms with Gasteiger partial charge in [-0.1, -0.05) is 0 Å². The quantitative estimate of drug-likeness (QED) is 0.501. The lowest BCUT2D eigenvalue weighted by Crippen LogP contribution is -1.74. The smallest absolute Gasteiger partial charge is 0.0768 e. The Hall–Kier alpha value is -0.160. The van der Waals surface area contributed by atoms with Crippen LogP contribution in [0.3, 0.4) is 0 Å². The third-order valence-corrected chi connectivity index (χ3v) is 1.19. The highest BCUT2D eigenvalue weighted by Crippen LogP contribution is 2.07. The number of hydrogen-bond acceptors (Lipinski definition) is 3. The summed E-state index contributed by atoms with van der Waals surface area (Å²) in [6.45, 7) is 4.57. The van der Waals surface area contributed by atoms with Crippen molar-refractivity contribution in [3.8, 4) is 6.07 Å². The molecule has 0 aromatic carbocycles. The van der Waals surface area contributed by atoms with Crippen molar-refractivity contribution in [2.24, 2.45) is 0 Å². The molecule has 60 valence electrons. The molecule has 0 bridgehead atoms. The van der Waals surface area contributed by atoms with Gasteiger partial charge in [0.1, 0.15) is 0 Å². The van der Waals surface area contributed by atoms with E-state index in [-0.39, 0.29) is 6.61 Å². The normalized spacial score (nSPS) is 8.60. The maximum absolute atomic E-state index is 7.97. The lowest BCUT2D eigenvalue weighted by Gasteiger charge is -1.90. The molecule has 10 heavy (non-hydrogen) atoms. The molecule has 0 heterocycles. The van der Waals surface area contributed by atoms with E-state index in [2.05, 4.69) is 0 Å². The van der Waals surface area contributed by atoms with Crippen molar-refractivity contribution in [2.75, 3.05) is 19.4 Å². The fourth-order valence-electron chi connectivity index (χ4n) is 0.185. The Labute approximate surface area is 63.9 Å². The van der Waals surface area contributed by atoms with Gasteiger partial charge in [0.2, 0.25) is 0 Å². The minimum Gasteiger partial charge on any atom is -0.397 e. The van der Waals surface area contributed by atoms with Crippen LogP contribution in [-0.2, 0) is 4.52 Å². The van der Waals surface area contributed by atoms with Crippen LogP contribution in [0.15, 0.2) is 0 Å². The highest BCUT2D eigenvalue weighted by molar-refractivity contribution is 7.32. The van der Waals surface area contributed by atoms with Crippen LogP contribution >= 0.6 is 8.81 Å². The van der Waals surface area contributed by atoms with Crippen LogP contribution in [0.2, 0.25) is 0 Å². The van der Waals surface area contributed by atoms with E-state index in [0.717, 1.165) is 6.61 Å². The first-order chi connectivity index (χ1) is 4.83. The van der Waals surface area contributed by atoms with Crippen LogP contribution in [-0.4, -0.2) is 24.5 Å². The van der Waals surface area contributed by atoms with Crippen LogP contribution in [0.1, 0.15) is 13.8 Å². The Kier molecular flexibility index (Phi) is 19.9. The first-order valence-electron chi connectivity index (χ1n) is 3.15. The average Bonchev–Trinajstić information content (AvgIpc) is 1.91. The second-order valence-electron chi connectivity index (χ2n) is 1.23. The molecule has 0 fully saturated rings. The van der Waals surface area contributed by atoms with E-state index in [0.29, 0.717) is 15.0 Å². The third kappa shape index (κ3) is 24.9. The van der Waals surface area contributed by atoms with Gasteiger partial charge in [-0.2, -0.15) is 5.26 Å². The molecule has 4 heteroatoms. The van der Waals surface area contributed by atoms with Gasteiger partial charge in [0.05, 0.1) is 12.2 Å². The number of nitrogens with zero attached hydrogens (tertiary/aromatic N) is 1. The topological polar surface area (TPSA) is 53.2 Å². The third-order valence-electron chi connectivity index (χ3n) is 0.398. The molecule has 0 saturated heterocycles.